The van der Waals surface area contributed by atoms with Crippen molar-refractivity contribution in [2.45, 2.75) is 19.4 Å². The lowest BCUT2D eigenvalue weighted by atomic mass is 10.2. The first kappa shape index (κ1) is 13.9. The van der Waals surface area contributed by atoms with E-state index in [4.69, 9.17) is 0 Å². The van der Waals surface area contributed by atoms with Gasteiger partial charge in [0.25, 0.3) is 0 Å². The number of pyridine rings is 1. The first-order chi connectivity index (χ1) is 9.13. The van der Waals surface area contributed by atoms with Crippen molar-refractivity contribution in [2.24, 2.45) is 0 Å². The van der Waals surface area contributed by atoms with Crippen LogP contribution in [-0.2, 0) is 0 Å². The van der Waals surface area contributed by atoms with Gasteiger partial charge in [-0.3, -0.25) is 15.1 Å². The van der Waals surface area contributed by atoms with Gasteiger partial charge in [0.1, 0.15) is 16.9 Å². The van der Waals surface area contributed by atoms with Gasteiger partial charge in [-0.25, -0.2) is 4.98 Å². The summed E-state index contributed by atoms with van der Waals surface area (Å²) in [5.41, 5.74) is 0.381. The number of thiazole rings is 1. The van der Waals surface area contributed by atoms with E-state index in [1.807, 2.05) is 12.3 Å². The highest BCUT2D eigenvalue weighted by Crippen LogP contribution is 2.35. The van der Waals surface area contributed by atoms with Crippen LogP contribution in [0.2, 0.25) is 0 Å². The zero-order valence-electron chi connectivity index (χ0n) is 10.0. The SMILES string of the molecule is CCC(Nc1c(Br)cncc1[N+](=O)[O-])c1nccs1. The molecule has 1 N–H and O–H groups in total. The molecule has 2 aromatic heterocycles. The Labute approximate surface area is 122 Å². The standard InChI is InChI=1S/C11H11BrN4O2S/c1-2-8(11-14-3-4-19-11)15-10-7(12)5-13-6-9(10)16(17)18/h3-6,8H,2H2,1H3,(H,13,15). The van der Waals surface area contributed by atoms with E-state index in [1.165, 1.54) is 23.7 Å². The molecule has 0 aliphatic rings. The lowest BCUT2D eigenvalue weighted by molar-refractivity contribution is -0.384. The molecule has 100 valence electrons. The summed E-state index contributed by atoms with van der Waals surface area (Å²) in [6.07, 6.45) is 5.27. The first-order valence-electron chi connectivity index (χ1n) is 5.57. The Hall–Kier alpha value is -1.54. The minimum Gasteiger partial charge on any atom is -0.369 e. The van der Waals surface area contributed by atoms with Crippen LogP contribution in [0.3, 0.4) is 0 Å². The van der Waals surface area contributed by atoms with E-state index in [0.717, 1.165) is 11.4 Å². The van der Waals surface area contributed by atoms with Crippen LogP contribution in [0, 0.1) is 10.1 Å². The van der Waals surface area contributed by atoms with E-state index in [1.54, 1.807) is 6.20 Å². The minimum absolute atomic E-state index is 0.0515. The van der Waals surface area contributed by atoms with E-state index < -0.39 is 4.92 Å². The quantitative estimate of drug-likeness (QED) is 0.660. The summed E-state index contributed by atoms with van der Waals surface area (Å²) in [6, 6.07) is -0.0580. The Morgan fingerprint density at radius 1 is 1.58 bits per heavy atom. The molecule has 1 atom stereocenters. The zero-order valence-corrected chi connectivity index (χ0v) is 12.4. The molecule has 1 unspecified atom stereocenters. The van der Waals surface area contributed by atoms with Crippen molar-refractivity contribution in [1.82, 2.24) is 9.97 Å². The molecule has 0 saturated heterocycles. The highest BCUT2D eigenvalue weighted by Gasteiger charge is 2.21. The molecule has 2 heterocycles. The van der Waals surface area contributed by atoms with Crippen LogP contribution in [0.5, 0.6) is 0 Å². The third-order valence-corrected chi connectivity index (χ3v) is 4.04. The maximum atomic E-state index is 11.0. The van der Waals surface area contributed by atoms with Gasteiger partial charge < -0.3 is 5.32 Å². The number of rotatable bonds is 5. The van der Waals surface area contributed by atoms with Gasteiger partial charge in [0.2, 0.25) is 0 Å². The summed E-state index contributed by atoms with van der Waals surface area (Å²) in [6.45, 7) is 2.00. The normalized spacial score (nSPS) is 12.1. The number of nitro groups is 1. The van der Waals surface area contributed by atoms with Gasteiger partial charge in [0.15, 0.2) is 0 Å². The molecule has 19 heavy (non-hydrogen) atoms. The average molecular weight is 343 g/mol. The van der Waals surface area contributed by atoms with Gasteiger partial charge in [-0.15, -0.1) is 11.3 Å². The van der Waals surface area contributed by atoms with Crippen LogP contribution >= 0.6 is 27.3 Å². The van der Waals surface area contributed by atoms with Crippen molar-refractivity contribution < 1.29 is 4.92 Å². The van der Waals surface area contributed by atoms with Gasteiger partial charge in [-0.1, -0.05) is 6.92 Å². The second-order valence-corrected chi connectivity index (χ2v) is 5.53. The summed E-state index contributed by atoms with van der Waals surface area (Å²) in [7, 11) is 0. The van der Waals surface area contributed by atoms with Gasteiger partial charge in [0.05, 0.1) is 15.4 Å². The summed E-state index contributed by atoms with van der Waals surface area (Å²) < 4.78 is 0.566. The summed E-state index contributed by atoms with van der Waals surface area (Å²) in [5.74, 6) is 0. The lowest BCUT2D eigenvalue weighted by Crippen LogP contribution is -2.11. The van der Waals surface area contributed by atoms with Crippen LogP contribution in [0.1, 0.15) is 24.4 Å². The number of anilines is 1. The summed E-state index contributed by atoms with van der Waals surface area (Å²) in [4.78, 5) is 18.6. The van der Waals surface area contributed by atoms with Crippen molar-refractivity contribution in [3.63, 3.8) is 0 Å². The fourth-order valence-electron chi connectivity index (χ4n) is 1.63. The van der Waals surface area contributed by atoms with Gasteiger partial charge in [0, 0.05) is 17.8 Å². The lowest BCUT2D eigenvalue weighted by Gasteiger charge is -2.16. The predicted octanol–water partition coefficient (Wildman–Crippen LogP) is 3.77. The molecule has 0 bridgehead atoms. The molecular weight excluding hydrogens is 332 g/mol. The number of nitrogens with zero attached hydrogens (tertiary/aromatic N) is 3. The van der Waals surface area contributed by atoms with Crippen molar-refractivity contribution >= 4 is 38.6 Å². The highest BCUT2D eigenvalue weighted by atomic mass is 79.9. The average Bonchev–Trinajstić information content (AvgIpc) is 2.90. The molecule has 0 amide bonds. The monoisotopic (exact) mass is 342 g/mol. The van der Waals surface area contributed by atoms with Crippen molar-refractivity contribution in [3.05, 3.63) is 43.6 Å². The smallest absolute Gasteiger partial charge is 0.311 e. The number of halogens is 1. The molecule has 0 fully saturated rings. The van der Waals surface area contributed by atoms with E-state index in [9.17, 15) is 10.1 Å². The number of nitrogens with one attached hydrogen (secondary N) is 1. The van der Waals surface area contributed by atoms with Crippen LogP contribution in [0.25, 0.3) is 0 Å². The largest absolute Gasteiger partial charge is 0.369 e. The third-order valence-electron chi connectivity index (χ3n) is 2.55. The van der Waals surface area contributed by atoms with Crippen LogP contribution in [-0.4, -0.2) is 14.9 Å². The molecule has 0 radical (unpaired) electrons. The Balaban J connectivity index is 2.34. The minimum atomic E-state index is -0.450. The Bertz CT molecular complexity index is 576. The van der Waals surface area contributed by atoms with E-state index in [2.05, 4.69) is 31.2 Å². The molecule has 0 saturated carbocycles. The Morgan fingerprint density at radius 2 is 2.37 bits per heavy atom. The van der Waals surface area contributed by atoms with Crippen molar-refractivity contribution in [2.75, 3.05) is 5.32 Å². The summed E-state index contributed by atoms with van der Waals surface area (Å²) in [5, 5.41) is 17.0. The maximum Gasteiger partial charge on any atom is 0.311 e. The number of hydrogen-bond donors (Lipinski definition) is 1. The fourth-order valence-corrected chi connectivity index (χ4v) is 2.83. The molecule has 0 aliphatic carbocycles. The van der Waals surface area contributed by atoms with E-state index in [-0.39, 0.29) is 11.7 Å². The third kappa shape index (κ3) is 3.07. The van der Waals surface area contributed by atoms with Crippen molar-refractivity contribution in [3.8, 4) is 0 Å². The predicted molar refractivity (Wildman–Crippen MR) is 77.4 cm³/mol. The van der Waals surface area contributed by atoms with Crippen LogP contribution < -0.4 is 5.32 Å². The van der Waals surface area contributed by atoms with Gasteiger partial charge in [-0.05, 0) is 22.4 Å². The number of hydrogen-bond acceptors (Lipinski definition) is 6. The molecule has 2 rings (SSSR count). The van der Waals surface area contributed by atoms with E-state index >= 15 is 0 Å². The maximum absolute atomic E-state index is 11.0. The van der Waals surface area contributed by atoms with Crippen molar-refractivity contribution in [1.29, 1.82) is 0 Å². The Kier molecular flexibility index (Phi) is 4.43. The summed E-state index contributed by atoms with van der Waals surface area (Å²) >= 11 is 4.81. The second-order valence-electron chi connectivity index (χ2n) is 3.75. The molecule has 8 heteroatoms. The molecule has 2 aromatic rings. The van der Waals surface area contributed by atoms with Gasteiger partial charge in [-0.2, -0.15) is 0 Å². The Morgan fingerprint density at radius 3 is 2.95 bits per heavy atom. The molecule has 0 aromatic carbocycles. The molecular formula is C11H11BrN4O2S. The fraction of sp³-hybridized carbons (Fsp3) is 0.273. The zero-order chi connectivity index (χ0) is 13.8. The molecule has 0 spiro atoms. The highest BCUT2D eigenvalue weighted by molar-refractivity contribution is 9.10. The van der Waals surface area contributed by atoms with Crippen LogP contribution in [0.4, 0.5) is 11.4 Å². The van der Waals surface area contributed by atoms with Crippen LogP contribution in [0.15, 0.2) is 28.4 Å². The molecule has 6 nitrogen and oxygen atoms in total. The number of aromatic nitrogens is 2. The first-order valence-corrected chi connectivity index (χ1v) is 7.24. The molecule has 0 aliphatic heterocycles. The van der Waals surface area contributed by atoms with E-state index in [0.29, 0.717) is 10.2 Å². The topological polar surface area (TPSA) is 81.0 Å². The van der Waals surface area contributed by atoms with Gasteiger partial charge >= 0.3 is 5.69 Å². The second kappa shape index (κ2) is 6.07.